The summed E-state index contributed by atoms with van der Waals surface area (Å²) in [6.07, 6.45) is 0. The van der Waals surface area contributed by atoms with E-state index in [1.54, 1.807) is 18.2 Å². The number of halogens is 3. The molecule has 2 nitrogen and oxygen atoms in total. The Morgan fingerprint density at radius 1 is 1.29 bits per heavy atom. The van der Waals surface area contributed by atoms with Crippen molar-refractivity contribution in [2.24, 2.45) is 0 Å². The molecule has 0 spiro atoms. The second kappa shape index (κ2) is 5.44. The molecule has 0 bridgehead atoms. The lowest BCUT2D eigenvalue weighted by atomic mass is 10.2. The number of benzene rings is 1. The fourth-order valence-corrected chi connectivity index (χ4v) is 1.31. The van der Waals surface area contributed by atoms with Crippen LogP contribution in [0.3, 0.4) is 0 Å². The zero-order chi connectivity index (χ0) is 10.6. The van der Waals surface area contributed by atoms with E-state index in [-0.39, 0.29) is 11.8 Å². The molecule has 14 heavy (non-hydrogen) atoms. The molecule has 0 saturated heterocycles. The van der Waals surface area contributed by atoms with Crippen LogP contribution in [0.25, 0.3) is 0 Å². The van der Waals surface area contributed by atoms with Crippen molar-refractivity contribution in [3.05, 3.63) is 33.8 Å². The summed E-state index contributed by atoms with van der Waals surface area (Å²) < 4.78 is 0. The van der Waals surface area contributed by atoms with Crippen molar-refractivity contribution >= 4 is 40.7 Å². The summed E-state index contributed by atoms with van der Waals surface area (Å²) in [7, 11) is 0. The van der Waals surface area contributed by atoms with E-state index < -0.39 is 0 Å². The van der Waals surface area contributed by atoms with E-state index in [1.165, 1.54) is 0 Å². The lowest BCUT2D eigenvalue weighted by molar-refractivity contribution is -0.118. The van der Waals surface area contributed by atoms with Crippen molar-refractivity contribution in [3.8, 4) is 0 Å². The highest BCUT2D eigenvalue weighted by molar-refractivity contribution is 6.42. The minimum Gasteiger partial charge on any atom is -0.351 e. The molecule has 0 aliphatic carbocycles. The Morgan fingerprint density at radius 3 is 2.57 bits per heavy atom. The van der Waals surface area contributed by atoms with Gasteiger partial charge in [0, 0.05) is 6.54 Å². The SMILES string of the molecule is O=C(CCl)NCc1ccc(Cl)c(Cl)c1. The van der Waals surface area contributed by atoms with Gasteiger partial charge >= 0.3 is 0 Å². The van der Waals surface area contributed by atoms with Gasteiger partial charge in [0.1, 0.15) is 5.88 Å². The summed E-state index contributed by atoms with van der Waals surface area (Å²) in [6.45, 7) is 0.405. The van der Waals surface area contributed by atoms with E-state index in [1.807, 2.05) is 0 Å². The largest absolute Gasteiger partial charge is 0.351 e. The van der Waals surface area contributed by atoms with Crippen LogP contribution >= 0.6 is 34.8 Å². The second-order valence-corrected chi connectivity index (χ2v) is 3.74. The Kier molecular flexibility index (Phi) is 4.52. The van der Waals surface area contributed by atoms with Crippen LogP contribution in [0.5, 0.6) is 0 Å². The monoisotopic (exact) mass is 251 g/mol. The van der Waals surface area contributed by atoms with Crippen molar-refractivity contribution in [2.75, 3.05) is 5.88 Å². The summed E-state index contributed by atoms with van der Waals surface area (Å²) in [4.78, 5) is 10.8. The highest BCUT2D eigenvalue weighted by atomic mass is 35.5. The van der Waals surface area contributed by atoms with Gasteiger partial charge in [0.25, 0.3) is 0 Å². The normalized spacial score (nSPS) is 9.93. The molecular formula is C9H8Cl3NO. The minimum atomic E-state index is -0.210. The summed E-state index contributed by atoms with van der Waals surface area (Å²) >= 11 is 16.8. The van der Waals surface area contributed by atoms with Crippen molar-refractivity contribution in [2.45, 2.75) is 6.54 Å². The third kappa shape index (κ3) is 3.37. The molecule has 1 amide bonds. The molecule has 76 valence electrons. The fraction of sp³-hybridized carbons (Fsp3) is 0.222. The van der Waals surface area contributed by atoms with Crippen LogP contribution in [0.4, 0.5) is 0 Å². The number of alkyl halides is 1. The zero-order valence-electron chi connectivity index (χ0n) is 7.19. The van der Waals surface area contributed by atoms with Crippen molar-refractivity contribution in [1.82, 2.24) is 5.32 Å². The quantitative estimate of drug-likeness (QED) is 0.824. The van der Waals surface area contributed by atoms with E-state index >= 15 is 0 Å². The maximum atomic E-state index is 10.8. The molecule has 0 fully saturated rings. The first-order valence-electron chi connectivity index (χ1n) is 3.90. The highest BCUT2D eigenvalue weighted by Gasteiger charge is 2.01. The molecule has 1 aromatic rings. The number of hydrogen-bond donors (Lipinski definition) is 1. The van der Waals surface area contributed by atoms with Gasteiger partial charge in [-0.15, -0.1) is 11.6 Å². The van der Waals surface area contributed by atoms with Crippen LogP contribution in [0, 0.1) is 0 Å². The molecule has 0 radical (unpaired) electrons. The Hall–Kier alpha value is -0.440. The summed E-state index contributed by atoms with van der Waals surface area (Å²) in [5.41, 5.74) is 0.887. The maximum Gasteiger partial charge on any atom is 0.235 e. The van der Waals surface area contributed by atoms with Crippen LogP contribution in [0.2, 0.25) is 10.0 Å². The van der Waals surface area contributed by atoms with Gasteiger partial charge in [-0.2, -0.15) is 0 Å². The summed E-state index contributed by atoms with van der Waals surface area (Å²) in [5, 5.41) is 3.60. The smallest absolute Gasteiger partial charge is 0.235 e. The fourth-order valence-electron chi connectivity index (χ4n) is 0.897. The average molecular weight is 253 g/mol. The summed E-state index contributed by atoms with van der Waals surface area (Å²) in [6, 6.07) is 5.19. The number of rotatable bonds is 3. The van der Waals surface area contributed by atoms with Crippen LogP contribution in [-0.4, -0.2) is 11.8 Å². The lowest BCUT2D eigenvalue weighted by Gasteiger charge is -2.04. The molecule has 0 heterocycles. The lowest BCUT2D eigenvalue weighted by Crippen LogP contribution is -2.23. The Morgan fingerprint density at radius 2 is 2.00 bits per heavy atom. The topological polar surface area (TPSA) is 29.1 Å². The second-order valence-electron chi connectivity index (χ2n) is 2.66. The average Bonchev–Trinajstić information content (AvgIpc) is 2.19. The molecule has 0 unspecified atom stereocenters. The van der Waals surface area contributed by atoms with Gasteiger partial charge in [0.05, 0.1) is 10.0 Å². The van der Waals surface area contributed by atoms with Gasteiger partial charge in [-0.25, -0.2) is 0 Å². The van der Waals surface area contributed by atoms with E-state index in [0.717, 1.165) is 5.56 Å². The number of nitrogens with one attached hydrogen (secondary N) is 1. The third-order valence-electron chi connectivity index (χ3n) is 1.60. The van der Waals surface area contributed by atoms with Crippen LogP contribution in [0.1, 0.15) is 5.56 Å². The van der Waals surface area contributed by atoms with Gasteiger partial charge < -0.3 is 5.32 Å². The van der Waals surface area contributed by atoms with E-state index in [9.17, 15) is 4.79 Å². The molecule has 1 N–H and O–H groups in total. The van der Waals surface area contributed by atoms with Crippen LogP contribution in [0.15, 0.2) is 18.2 Å². The van der Waals surface area contributed by atoms with Crippen molar-refractivity contribution < 1.29 is 4.79 Å². The predicted molar refractivity (Wildman–Crippen MR) is 59.0 cm³/mol. The molecule has 5 heteroatoms. The first-order valence-corrected chi connectivity index (χ1v) is 5.19. The van der Waals surface area contributed by atoms with Gasteiger partial charge in [-0.3, -0.25) is 4.79 Å². The number of carbonyl (C=O) groups excluding carboxylic acids is 1. The predicted octanol–water partition coefficient (Wildman–Crippen LogP) is 2.85. The molecule has 0 saturated carbocycles. The molecule has 0 aliphatic rings. The molecule has 0 atom stereocenters. The van der Waals surface area contributed by atoms with Crippen molar-refractivity contribution in [1.29, 1.82) is 0 Å². The molecule has 0 aromatic heterocycles. The first kappa shape index (κ1) is 11.6. The van der Waals surface area contributed by atoms with E-state index in [4.69, 9.17) is 34.8 Å². The standard InChI is InChI=1S/C9H8Cl3NO/c10-4-9(14)13-5-6-1-2-7(11)8(12)3-6/h1-3H,4-5H2,(H,13,14). The zero-order valence-corrected chi connectivity index (χ0v) is 9.46. The number of hydrogen-bond acceptors (Lipinski definition) is 1. The summed E-state index contributed by atoms with van der Waals surface area (Å²) in [5.74, 6) is -0.251. The maximum absolute atomic E-state index is 10.8. The van der Waals surface area contributed by atoms with E-state index in [2.05, 4.69) is 5.32 Å². The minimum absolute atomic E-state index is 0.0404. The highest BCUT2D eigenvalue weighted by Crippen LogP contribution is 2.22. The Labute approximate surface area is 97.1 Å². The van der Waals surface area contributed by atoms with Crippen molar-refractivity contribution in [3.63, 3.8) is 0 Å². The van der Waals surface area contributed by atoms with Gasteiger partial charge in [0.15, 0.2) is 0 Å². The third-order valence-corrected chi connectivity index (χ3v) is 2.58. The molecule has 1 rings (SSSR count). The van der Waals surface area contributed by atoms with Crippen LogP contribution < -0.4 is 5.32 Å². The first-order chi connectivity index (χ1) is 6.63. The Balaban J connectivity index is 2.60. The number of amides is 1. The molecule has 1 aromatic carbocycles. The van der Waals surface area contributed by atoms with Gasteiger partial charge in [-0.1, -0.05) is 29.3 Å². The molecular weight excluding hydrogens is 244 g/mol. The Bertz CT molecular complexity index is 341. The van der Waals surface area contributed by atoms with Crippen LogP contribution in [-0.2, 0) is 11.3 Å². The van der Waals surface area contributed by atoms with Gasteiger partial charge in [-0.05, 0) is 17.7 Å². The van der Waals surface area contributed by atoms with E-state index in [0.29, 0.717) is 16.6 Å². The number of carbonyl (C=O) groups is 1. The molecule has 0 aliphatic heterocycles. The van der Waals surface area contributed by atoms with Gasteiger partial charge in [0.2, 0.25) is 5.91 Å².